The molecule has 0 atom stereocenters. The van der Waals surface area contributed by atoms with Crippen LogP contribution in [0.3, 0.4) is 0 Å². The molecule has 1 aromatic carbocycles. The fraction of sp³-hybridized carbons (Fsp3) is 0.412. The molecule has 5 heteroatoms. The van der Waals surface area contributed by atoms with Crippen molar-refractivity contribution in [1.29, 1.82) is 5.26 Å². The van der Waals surface area contributed by atoms with Crippen LogP contribution in [0, 0.1) is 11.5 Å². The second-order valence-corrected chi connectivity index (χ2v) is 5.31. The summed E-state index contributed by atoms with van der Waals surface area (Å²) in [5, 5.41) is 12.0. The van der Waals surface area contributed by atoms with Gasteiger partial charge >= 0.3 is 0 Å². The highest BCUT2D eigenvalue weighted by Gasteiger charge is 2.14. The number of nitriles is 1. The van der Waals surface area contributed by atoms with Crippen molar-refractivity contribution in [2.45, 2.75) is 46.1 Å². The van der Waals surface area contributed by atoms with Gasteiger partial charge in [0.2, 0.25) is 5.96 Å². The average Bonchev–Trinajstić information content (AvgIpc) is 2.87. The van der Waals surface area contributed by atoms with Gasteiger partial charge in [0.1, 0.15) is 0 Å². The SMILES string of the molecule is CCc1cc2cc(N=C(N)NC#N)ccc2n1C(CC)CC. The number of aryl methyl sites for hydroxylation is 1. The van der Waals surface area contributed by atoms with Gasteiger partial charge in [0.05, 0.1) is 5.69 Å². The number of rotatable bonds is 5. The van der Waals surface area contributed by atoms with Crippen LogP contribution in [-0.4, -0.2) is 10.5 Å². The van der Waals surface area contributed by atoms with E-state index in [9.17, 15) is 0 Å². The molecule has 0 aliphatic rings. The minimum absolute atomic E-state index is 0.108. The van der Waals surface area contributed by atoms with Crippen LogP contribution >= 0.6 is 0 Å². The number of nitrogens with two attached hydrogens (primary N) is 1. The number of fused-ring (bicyclic) bond motifs is 1. The molecular weight excluding hydrogens is 274 g/mol. The molecule has 116 valence electrons. The Balaban J connectivity index is 2.52. The standard InChI is InChI=1S/C17H23N5/c1-4-14(5-2)22-15(6-3)10-12-9-13(7-8-16(12)22)21-17(19)20-11-18/h7-10,14H,4-6H2,1-3H3,(H3,19,20,21). The molecule has 1 heterocycles. The van der Waals surface area contributed by atoms with Crippen molar-refractivity contribution in [3.8, 4) is 6.19 Å². The van der Waals surface area contributed by atoms with E-state index >= 15 is 0 Å². The zero-order valence-corrected chi connectivity index (χ0v) is 13.4. The zero-order valence-electron chi connectivity index (χ0n) is 13.4. The van der Waals surface area contributed by atoms with Crippen LogP contribution in [0.4, 0.5) is 5.69 Å². The van der Waals surface area contributed by atoms with E-state index in [1.807, 2.05) is 12.1 Å². The fourth-order valence-electron chi connectivity index (χ4n) is 2.93. The number of nitrogens with zero attached hydrogens (tertiary/aromatic N) is 3. The lowest BCUT2D eigenvalue weighted by molar-refractivity contribution is 0.473. The maximum absolute atomic E-state index is 8.55. The highest BCUT2D eigenvalue weighted by atomic mass is 15.1. The van der Waals surface area contributed by atoms with Gasteiger partial charge in [-0.2, -0.15) is 5.26 Å². The van der Waals surface area contributed by atoms with Crippen molar-refractivity contribution in [2.75, 3.05) is 0 Å². The molecule has 22 heavy (non-hydrogen) atoms. The molecule has 0 bridgehead atoms. The smallest absolute Gasteiger partial charge is 0.207 e. The Morgan fingerprint density at radius 2 is 2.05 bits per heavy atom. The number of nitrogens with one attached hydrogen (secondary N) is 1. The van der Waals surface area contributed by atoms with Gasteiger partial charge in [-0.25, -0.2) is 4.99 Å². The van der Waals surface area contributed by atoms with Crippen molar-refractivity contribution < 1.29 is 0 Å². The van der Waals surface area contributed by atoms with Crippen molar-refractivity contribution >= 4 is 22.5 Å². The van der Waals surface area contributed by atoms with Crippen LogP contribution in [0.5, 0.6) is 0 Å². The van der Waals surface area contributed by atoms with Crippen LogP contribution < -0.4 is 11.1 Å². The monoisotopic (exact) mass is 297 g/mol. The summed E-state index contributed by atoms with van der Waals surface area (Å²) >= 11 is 0. The average molecular weight is 297 g/mol. The maximum atomic E-state index is 8.55. The van der Waals surface area contributed by atoms with Gasteiger partial charge in [0, 0.05) is 22.6 Å². The normalized spacial score (nSPS) is 11.9. The van der Waals surface area contributed by atoms with Gasteiger partial charge in [0.15, 0.2) is 6.19 Å². The third-order valence-electron chi connectivity index (χ3n) is 4.01. The molecular formula is C17H23N5. The highest BCUT2D eigenvalue weighted by molar-refractivity contribution is 5.87. The molecule has 0 radical (unpaired) electrons. The van der Waals surface area contributed by atoms with E-state index < -0.39 is 0 Å². The van der Waals surface area contributed by atoms with E-state index in [0.29, 0.717) is 6.04 Å². The lowest BCUT2D eigenvalue weighted by Gasteiger charge is -2.19. The van der Waals surface area contributed by atoms with E-state index in [2.05, 4.69) is 47.8 Å². The zero-order chi connectivity index (χ0) is 16.1. The Bertz CT molecular complexity index is 716. The summed E-state index contributed by atoms with van der Waals surface area (Å²) in [6.45, 7) is 6.64. The van der Waals surface area contributed by atoms with Crippen molar-refractivity contribution in [1.82, 2.24) is 9.88 Å². The molecule has 0 aliphatic heterocycles. The Morgan fingerprint density at radius 3 is 2.64 bits per heavy atom. The van der Waals surface area contributed by atoms with Crippen LogP contribution in [0.25, 0.3) is 10.9 Å². The van der Waals surface area contributed by atoms with Gasteiger partial charge < -0.3 is 10.3 Å². The molecule has 2 aromatic rings. The maximum Gasteiger partial charge on any atom is 0.207 e. The van der Waals surface area contributed by atoms with Crippen molar-refractivity contribution in [2.24, 2.45) is 10.7 Å². The second-order valence-electron chi connectivity index (χ2n) is 5.31. The summed E-state index contributed by atoms with van der Waals surface area (Å²) in [6.07, 6.45) is 5.00. The predicted molar refractivity (Wildman–Crippen MR) is 91.0 cm³/mol. The molecule has 0 saturated heterocycles. The van der Waals surface area contributed by atoms with Crippen molar-refractivity contribution in [3.63, 3.8) is 0 Å². The molecule has 2 rings (SSSR count). The topological polar surface area (TPSA) is 79.1 Å². The van der Waals surface area contributed by atoms with E-state index in [-0.39, 0.29) is 5.96 Å². The first-order valence-corrected chi connectivity index (χ1v) is 7.77. The second kappa shape index (κ2) is 6.99. The predicted octanol–water partition coefficient (Wildman–Crippen LogP) is 3.58. The van der Waals surface area contributed by atoms with Gasteiger partial charge in [-0.1, -0.05) is 20.8 Å². The number of benzene rings is 1. The molecule has 0 fully saturated rings. The molecule has 0 aliphatic carbocycles. The number of aliphatic imine (C=N–C) groups is 1. The van der Waals surface area contributed by atoms with Gasteiger partial charge in [-0.15, -0.1) is 0 Å². The lowest BCUT2D eigenvalue weighted by Crippen LogP contribution is -2.26. The van der Waals surface area contributed by atoms with Gasteiger partial charge in [-0.3, -0.25) is 5.32 Å². The Kier molecular flexibility index (Phi) is 5.05. The first-order valence-electron chi connectivity index (χ1n) is 7.77. The van der Waals surface area contributed by atoms with E-state index in [0.717, 1.165) is 30.3 Å². The van der Waals surface area contributed by atoms with E-state index in [1.54, 1.807) is 6.19 Å². The third kappa shape index (κ3) is 3.06. The fourth-order valence-corrected chi connectivity index (χ4v) is 2.93. The summed E-state index contributed by atoms with van der Waals surface area (Å²) in [4.78, 5) is 4.20. The summed E-state index contributed by atoms with van der Waals surface area (Å²) in [7, 11) is 0. The molecule has 0 unspecified atom stereocenters. The summed E-state index contributed by atoms with van der Waals surface area (Å²) in [5.74, 6) is 0.108. The first kappa shape index (κ1) is 15.9. The van der Waals surface area contributed by atoms with Crippen molar-refractivity contribution in [3.05, 3.63) is 30.0 Å². The van der Waals surface area contributed by atoms with Gasteiger partial charge in [-0.05, 0) is 43.5 Å². The molecule has 3 N–H and O–H groups in total. The number of guanidine groups is 1. The van der Waals surface area contributed by atoms with Crippen LogP contribution in [0.2, 0.25) is 0 Å². The third-order valence-corrected chi connectivity index (χ3v) is 4.01. The van der Waals surface area contributed by atoms with Crippen LogP contribution in [-0.2, 0) is 6.42 Å². The number of hydrogen-bond acceptors (Lipinski definition) is 2. The first-order chi connectivity index (χ1) is 10.6. The minimum Gasteiger partial charge on any atom is -0.369 e. The molecule has 1 aromatic heterocycles. The molecule has 0 amide bonds. The number of hydrogen-bond donors (Lipinski definition) is 2. The Hall–Kier alpha value is -2.48. The summed E-state index contributed by atoms with van der Waals surface area (Å²) in [5.41, 5.74) is 8.94. The minimum atomic E-state index is 0.108. The van der Waals surface area contributed by atoms with Crippen LogP contribution in [0.1, 0.15) is 45.3 Å². The molecule has 5 nitrogen and oxygen atoms in total. The Labute approximate surface area is 131 Å². The van der Waals surface area contributed by atoms with Crippen LogP contribution in [0.15, 0.2) is 29.3 Å². The largest absolute Gasteiger partial charge is 0.369 e. The summed E-state index contributed by atoms with van der Waals surface area (Å²) in [6, 6.07) is 8.78. The van der Waals surface area contributed by atoms with E-state index in [4.69, 9.17) is 11.0 Å². The lowest BCUT2D eigenvalue weighted by atomic mass is 10.1. The highest BCUT2D eigenvalue weighted by Crippen LogP contribution is 2.30. The summed E-state index contributed by atoms with van der Waals surface area (Å²) < 4.78 is 2.44. The van der Waals surface area contributed by atoms with E-state index in [1.165, 1.54) is 11.2 Å². The Morgan fingerprint density at radius 1 is 1.32 bits per heavy atom. The number of aromatic nitrogens is 1. The quantitative estimate of drug-likeness (QED) is 0.383. The molecule has 0 spiro atoms. The molecule has 0 saturated carbocycles. The van der Waals surface area contributed by atoms with Gasteiger partial charge in [0.25, 0.3) is 0 Å².